The second kappa shape index (κ2) is 3.79. The zero-order valence-electron chi connectivity index (χ0n) is 6.48. The maximum Gasteiger partial charge on any atom is 0.188 e. The topological polar surface area (TPSA) is 17.1 Å². The Kier molecular flexibility index (Phi) is 2.93. The van der Waals surface area contributed by atoms with Gasteiger partial charge >= 0.3 is 0 Å². The van der Waals surface area contributed by atoms with E-state index in [0.717, 1.165) is 12.1 Å². The monoisotopic (exact) mass is 246 g/mol. The van der Waals surface area contributed by atoms with E-state index in [-0.39, 0.29) is 5.56 Å². The summed E-state index contributed by atoms with van der Waals surface area (Å²) in [6.07, 6.45) is 0.935. The predicted molar refractivity (Wildman–Crippen MR) is 48.6 cm³/mol. The number of hydrogen-bond donors (Lipinski definition) is 0. The summed E-state index contributed by atoms with van der Waals surface area (Å²) in [5.74, 6) is -2.84. The molecule has 13 heavy (non-hydrogen) atoms. The smallest absolute Gasteiger partial charge is 0.188 e. The molecule has 0 aromatic heterocycles. The van der Waals surface area contributed by atoms with Gasteiger partial charge in [0.1, 0.15) is 0 Å². The molecule has 0 spiro atoms. The van der Waals surface area contributed by atoms with Crippen LogP contribution < -0.4 is 0 Å². The van der Waals surface area contributed by atoms with Gasteiger partial charge in [-0.1, -0.05) is 22.5 Å². The fraction of sp³-hybridized carbons (Fsp3) is 0. The summed E-state index contributed by atoms with van der Waals surface area (Å²) in [5, 5.41) is 0. The fourth-order valence-electron chi connectivity index (χ4n) is 0.845. The number of halogens is 3. The Bertz CT molecular complexity index is 374. The van der Waals surface area contributed by atoms with Gasteiger partial charge in [-0.3, -0.25) is 4.79 Å². The minimum atomic E-state index is -1.15. The number of allylic oxidation sites excluding steroid dienone is 1. The maximum atomic E-state index is 13.0. The van der Waals surface area contributed by atoms with E-state index < -0.39 is 17.4 Å². The molecule has 0 N–H and O–H groups in total. The van der Waals surface area contributed by atoms with Crippen molar-refractivity contribution in [2.75, 3.05) is 0 Å². The van der Waals surface area contributed by atoms with Gasteiger partial charge in [-0.2, -0.15) is 0 Å². The normalized spacial score (nSPS) is 9.77. The van der Waals surface area contributed by atoms with Gasteiger partial charge in [0.2, 0.25) is 0 Å². The third kappa shape index (κ3) is 2.01. The minimum absolute atomic E-state index is 0.316. The van der Waals surface area contributed by atoms with Crippen molar-refractivity contribution >= 4 is 21.7 Å². The van der Waals surface area contributed by atoms with Crippen molar-refractivity contribution in [1.82, 2.24) is 0 Å². The SMILES string of the molecule is C=CC(=O)c1cc(Br)cc(F)c1F. The Balaban J connectivity index is 3.36. The molecule has 0 radical (unpaired) electrons. The van der Waals surface area contributed by atoms with Crippen LogP contribution in [0, 0.1) is 11.6 Å². The minimum Gasteiger partial charge on any atom is -0.289 e. The van der Waals surface area contributed by atoms with E-state index in [9.17, 15) is 13.6 Å². The van der Waals surface area contributed by atoms with E-state index in [1.54, 1.807) is 0 Å². The van der Waals surface area contributed by atoms with Crippen LogP contribution in [0.5, 0.6) is 0 Å². The predicted octanol–water partition coefficient (Wildman–Crippen LogP) is 3.10. The molecule has 0 saturated carbocycles. The summed E-state index contributed by atoms with van der Waals surface area (Å²) in [4.78, 5) is 11.0. The maximum absolute atomic E-state index is 13.0. The van der Waals surface area contributed by atoms with Crippen LogP contribution in [0.1, 0.15) is 10.4 Å². The highest BCUT2D eigenvalue weighted by Gasteiger charge is 2.13. The molecule has 1 aromatic rings. The van der Waals surface area contributed by atoms with Crippen LogP contribution >= 0.6 is 15.9 Å². The molecule has 1 nitrogen and oxygen atoms in total. The van der Waals surface area contributed by atoms with E-state index in [1.807, 2.05) is 0 Å². The van der Waals surface area contributed by atoms with Crippen LogP contribution in [0.3, 0.4) is 0 Å². The lowest BCUT2D eigenvalue weighted by atomic mass is 10.1. The van der Waals surface area contributed by atoms with E-state index >= 15 is 0 Å². The first-order valence-electron chi connectivity index (χ1n) is 3.37. The zero-order chi connectivity index (χ0) is 10.0. The van der Waals surface area contributed by atoms with Gasteiger partial charge in [0, 0.05) is 4.47 Å². The summed E-state index contributed by atoms with van der Waals surface area (Å²) in [6, 6.07) is 2.16. The van der Waals surface area contributed by atoms with Crippen LogP contribution in [0.4, 0.5) is 8.78 Å². The molecule has 0 fully saturated rings. The standard InChI is InChI=1S/C9H5BrF2O/c1-2-8(13)6-3-5(10)4-7(11)9(6)12/h2-4H,1H2. The molecule has 0 aliphatic heterocycles. The Morgan fingerprint density at radius 1 is 1.46 bits per heavy atom. The van der Waals surface area contributed by atoms with Crippen molar-refractivity contribution in [3.05, 3.63) is 46.5 Å². The van der Waals surface area contributed by atoms with Crippen molar-refractivity contribution in [2.24, 2.45) is 0 Å². The summed E-state index contributed by atoms with van der Waals surface area (Å²) >= 11 is 2.95. The van der Waals surface area contributed by atoms with Crippen LogP contribution in [-0.2, 0) is 0 Å². The molecular weight excluding hydrogens is 242 g/mol. The van der Waals surface area contributed by atoms with Crippen LogP contribution in [-0.4, -0.2) is 5.78 Å². The summed E-state index contributed by atoms with van der Waals surface area (Å²) in [7, 11) is 0. The Morgan fingerprint density at radius 2 is 2.08 bits per heavy atom. The number of ketones is 1. The molecule has 0 aliphatic carbocycles. The van der Waals surface area contributed by atoms with Gasteiger partial charge in [0.15, 0.2) is 17.4 Å². The van der Waals surface area contributed by atoms with Gasteiger partial charge in [-0.25, -0.2) is 8.78 Å². The van der Waals surface area contributed by atoms with E-state index in [0.29, 0.717) is 4.47 Å². The molecule has 0 atom stereocenters. The van der Waals surface area contributed by atoms with Gasteiger partial charge in [-0.05, 0) is 18.2 Å². The largest absolute Gasteiger partial charge is 0.289 e. The van der Waals surface area contributed by atoms with Crippen molar-refractivity contribution in [2.45, 2.75) is 0 Å². The average molecular weight is 247 g/mol. The molecule has 0 unspecified atom stereocenters. The van der Waals surface area contributed by atoms with Gasteiger partial charge < -0.3 is 0 Å². The lowest BCUT2D eigenvalue weighted by molar-refractivity contribution is 0.104. The third-order valence-electron chi connectivity index (χ3n) is 1.44. The van der Waals surface area contributed by atoms with Crippen LogP contribution in [0.25, 0.3) is 0 Å². The third-order valence-corrected chi connectivity index (χ3v) is 1.90. The number of benzene rings is 1. The first kappa shape index (κ1) is 10.1. The highest BCUT2D eigenvalue weighted by atomic mass is 79.9. The Morgan fingerprint density at radius 3 is 2.62 bits per heavy atom. The Labute approximate surface area is 82.2 Å². The molecule has 0 aliphatic rings. The number of carbonyl (C=O) groups is 1. The molecular formula is C9H5BrF2O. The molecule has 0 saturated heterocycles. The molecule has 4 heteroatoms. The van der Waals surface area contributed by atoms with Gasteiger partial charge in [-0.15, -0.1) is 0 Å². The van der Waals surface area contributed by atoms with Gasteiger partial charge in [0.05, 0.1) is 5.56 Å². The van der Waals surface area contributed by atoms with E-state index in [2.05, 4.69) is 22.5 Å². The van der Waals surface area contributed by atoms with Crippen molar-refractivity contribution in [1.29, 1.82) is 0 Å². The zero-order valence-corrected chi connectivity index (χ0v) is 8.07. The molecule has 1 aromatic carbocycles. The average Bonchev–Trinajstić information content (AvgIpc) is 2.10. The summed E-state index contributed by atoms with van der Waals surface area (Å²) in [5.41, 5.74) is -0.318. The lowest BCUT2D eigenvalue weighted by Gasteiger charge is -2.00. The molecule has 1 rings (SSSR count). The fourth-order valence-corrected chi connectivity index (χ4v) is 1.28. The quantitative estimate of drug-likeness (QED) is 0.446. The van der Waals surface area contributed by atoms with E-state index in [4.69, 9.17) is 0 Å². The lowest BCUT2D eigenvalue weighted by Crippen LogP contribution is -2.00. The Hall–Kier alpha value is -1.03. The summed E-state index contributed by atoms with van der Waals surface area (Å²) in [6.45, 7) is 3.18. The first-order chi connectivity index (χ1) is 6.06. The molecule has 68 valence electrons. The molecule has 0 amide bonds. The van der Waals surface area contributed by atoms with Crippen molar-refractivity contribution in [3.63, 3.8) is 0 Å². The summed E-state index contributed by atoms with van der Waals surface area (Å²) < 4.78 is 26.0. The molecule has 0 heterocycles. The number of carbonyl (C=O) groups excluding carboxylic acids is 1. The number of hydrogen-bond acceptors (Lipinski definition) is 1. The molecule has 0 bridgehead atoms. The van der Waals surface area contributed by atoms with Crippen molar-refractivity contribution < 1.29 is 13.6 Å². The number of rotatable bonds is 2. The first-order valence-corrected chi connectivity index (χ1v) is 4.17. The van der Waals surface area contributed by atoms with E-state index in [1.165, 1.54) is 6.07 Å². The second-order valence-corrected chi connectivity index (χ2v) is 3.23. The second-order valence-electron chi connectivity index (χ2n) is 2.32. The highest BCUT2D eigenvalue weighted by molar-refractivity contribution is 9.10. The van der Waals surface area contributed by atoms with Gasteiger partial charge in [0.25, 0.3) is 0 Å². The van der Waals surface area contributed by atoms with Crippen LogP contribution in [0.15, 0.2) is 29.3 Å². The van der Waals surface area contributed by atoms with Crippen molar-refractivity contribution in [3.8, 4) is 0 Å². The van der Waals surface area contributed by atoms with Crippen LogP contribution in [0.2, 0.25) is 0 Å². The highest BCUT2D eigenvalue weighted by Crippen LogP contribution is 2.19.